The molecule has 0 fully saturated rings. The number of hydrogen-bond donors (Lipinski definition) is 2. The standard InChI is InChI=1S/C17H20N2O3S/c1-13-8-10-16(11-9-13)23(21,22)19-17(20)18-14(2)12-15-6-4-3-5-7-15/h3-11,14H,12H2,1-2H3,(H2,18,19,20)/t14-/m0/s1. The zero-order valence-corrected chi connectivity index (χ0v) is 13.9. The van der Waals surface area contributed by atoms with E-state index in [0.717, 1.165) is 11.1 Å². The van der Waals surface area contributed by atoms with E-state index in [9.17, 15) is 13.2 Å². The SMILES string of the molecule is Cc1ccc(S(=O)(=O)NC(=O)N[C@@H](C)Cc2ccccc2)cc1. The van der Waals surface area contributed by atoms with Crippen molar-refractivity contribution in [3.63, 3.8) is 0 Å². The molecule has 0 aliphatic heterocycles. The maximum absolute atomic E-state index is 12.1. The molecule has 0 bridgehead atoms. The number of sulfonamides is 1. The van der Waals surface area contributed by atoms with E-state index in [2.05, 4.69) is 5.32 Å². The normalized spacial score (nSPS) is 12.4. The number of hydrogen-bond acceptors (Lipinski definition) is 3. The Bertz CT molecular complexity index is 756. The first-order chi connectivity index (χ1) is 10.9. The second-order valence-corrected chi connectivity index (χ2v) is 7.17. The fraction of sp³-hybridized carbons (Fsp3) is 0.235. The van der Waals surface area contributed by atoms with Crippen LogP contribution in [0.3, 0.4) is 0 Å². The summed E-state index contributed by atoms with van der Waals surface area (Å²) >= 11 is 0. The van der Waals surface area contributed by atoms with Gasteiger partial charge in [0.05, 0.1) is 4.90 Å². The van der Waals surface area contributed by atoms with Crippen molar-refractivity contribution in [2.75, 3.05) is 0 Å². The lowest BCUT2D eigenvalue weighted by Crippen LogP contribution is -2.44. The molecule has 2 amide bonds. The summed E-state index contributed by atoms with van der Waals surface area (Å²) < 4.78 is 26.3. The third-order valence-electron chi connectivity index (χ3n) is 3.32. The molecule has 2 rings (SSSR count). The van der Waals surface area contributed by atoms with E-state index in [0.29, 0.717) is 6.42 Å². The first-order valence-electron chi connectivity index (χ1n) is 7.31. The van der Waals surface area contributed by atoms with Crippen LogP contribution >= 0.6 is 0 Å². The van der Waals surface area contributed by atoms with Crippen molar-refractivity contribution in [3.8, 4) is 0 Å². The van der Waals surface area contributed by atoms with Crippen molar-refractivity contribution in [1.82, 2.24) is 10.0 Å². The van der Waals surface area contributed by atoms with E-state index >= 15 is 0 Å². The number of carbonyl (C=O) groups is 1. The Morgan fingerprint density at radius 1 is 1.04 bits per heavy atom. The van der Waals surface area contributed by atoms with Crippen LogP contribution in [0.15, 0.2) is 59.5 Å². The van der Waals surface area contributed by atoms with E-state index < -0.39 is 16.1 Å². The molecule has 6 heteroatoms. The second kappa shape index (κ2) is 7.28. The van der Waals surface area contributed by atoms with E-state index in [1.54, 1.807) is 12.1 Å². The molecule has 0 heterocycles. The molecule has 2 aromatic carbocycles. The van der Waals surface area contributed by atoms with Gasteiger partial charge in [-0.25, -0.2) is 17.9 Å². The maximum atomic E-state index is 12.1. The minimum absolute atomic E-state index is 0.0639. The number of rotatable bonds is 5. The fourth-order valence-electron chi connectivity index (χ4n) is 2.17. The minimum Gasteiger partial charge on any atom is -0.335 e. The summed E-state index contributed by atoms with van der Waals surface area (Å²) in [5.74, 6) is 0. The Labute approximate surface area is 136 Å². The van der Waals surface area contributed by atoms with Crippen molar-refractivity contribution in [2.24, 2.45) is 0 Å². The van der Waals surface area contributed by atoms with Gasteiger partial charge in [0.1, 0.15) is 0 Å². The van der Waals surface area contributed by atoms with Gasteiger partial charge in [0.25, 0.3) is 10.0 Å². The second-order valence-electron chi connectivity index (χ2n) is 5.48. The first-order valence-corrected chi connectivity index (χ1v) is 8.79. The minimum atomic E-state index is -3.86. The molecule has 0 aliphatic rings. The Morgan fingerprint density at radius 2 is 1.65 bits per heavy atom. The van der Waals surface area contributed by atoms with Crippen LogP contribution in [0.5, 0.6) is 0 Å². The predicted octanol–water partition coefficient (Wildman–Crippen LogP) is 2.61. The molecule has 2 N–H and O–H groups in total. The lowest BCUT2D eigenvalue weighted by atomic mass is 10.1. The Morgan fingerprint density at radius 3 is 2.26 bits per heavy atom. The van der Waals surface area contributed by atoms with Gasteiger partial charge in [-0.15, -0.1) is 0 Å². The highest BCUT2D eigenvalue weighted by molar-refractivity contribution is 7.90. The number of urea groups is 1. The quantitative estimate of drug-likeness (QED) is 0.884. The van der Waals surface area contributed by atoms with Crippen LogP contribution in [-0.2, 0) is 16.4 Å². The molecule has 0 unspecified atom stereocenters. The van der Waals surface area contributed by atoms with Gasteiger partial charge in [-0.2, -0.15) is 0 Å². The third-order valence-corrected chi connectivity index (χ3v) is 4.67. The third kappa shape index (κ3) is 5.10. The predicted molar refractivity (Wildman–Crippen MR) is 89.6 cm³/mol. The van der Waals surface area contributed by atoms with Gasteiger partial charge >= 0.3 is 6.03 Å². The number of amides is 2. The van der Waals surface area contributed by atoms with Crippen molar-refractivity contribution in [2.45, 2.75) is 31.2 Å². The van der Waals surface area contributed by atoms with Crippen molar-refractivity contribution < 1.29 is 13.2 Å². The molecule has 2 aromatic rings. The number of nitrogens with one attached hydrogen (secondary N) is 2. The molecule has 122 valence electrons. The number of benzene rings is 2. The molecule has 5 nitrogen and oxygen atoms in total. The van der Waals surface area contributed by atoms with Gasteiger partial charge < -0.3 is 5.32 Å². The molecular weight excluding hydrogens is 312 g/mol. The van der Waals surface area contributed by atoms with Crippen LogP contribution in [0.4, 0.5) is 4.79 Å². The molecule has 0 aliphatic carbocycles. The van der Waals surface area contributed by atoms with Gasteiger partial charge in [-0.1, -0.05) is 48.0 Å². The van der Waals surface area contributed by atoms with Crippen LogP contribution in [-0.4, -0.2) is 20.5 Å². The van der Waals surface area contributed by atoms with E-state index in [1.165, 1.54) is 12.1 Å². The summed E-state index contributed by atoms with van der Waals surface area (Å²) in [6, 6.07) is 15.1. The van der Waals surface area contributed by atoms with E-state index in [1.807, 2.05) is 48.9 Å². The Hall–Kier alpha value is -2.34. The molecule has 0 saturated heterocycles. The summed E-state index contributed by atoms with van der Waals surface area (Å²) in [5.41, 5.74) is 2.02. The van der Waals surface area contributed by atoms with Crippen molar-refractivity contribution in [3.05, 3.63) is 65.7 Å². The Balaban J connectivity index is 1.94. The highest BCUT2D eigenvalue weighted by Crippen LogP contribution is 2.09. The van der Waals surface area contributed by atoms with Gasteiger partial charge in [0.15, 0.2) is 0 Å². The molecule has 1 atom stereocenters. The van der Waals surface area contributed by atoms with E-state index in [-0.39, 0.29) is 10.9 Å². The molecule has 23 heavy (non-hydrogen) atoms. The van der Waals surface area contributed by atoms with Gasteiger partial charge in [-0.3, -0.25) is 0 Å². The van der Waals surface area contributed by atoms with E-state index in [4.69, 9.17) is 0 Å². The van der Waals surface area contributed by atoms with Gasteiger partial charge in [0.2, 0.25) is 0 Å². The molecule has 0 aromatic heterocycles. The summed E-state index contributed by atoms with van der Waals surface area (Å²) in [5, 5.41) is 2.64. The van der Waals surface area contributed by atoms with Crippen molar-refractivity contribution >= 4 is 16.1 Å². The summed E-state index contributed by atoms with van der Waals surface area (Å²) in [6.45, 7) is 3.69. The topological polar surface area (TPSA) is 75.3 Å². The van der Waals surface area contributed by atoms with Crippen LogP contribution in [0.2, 0.25) is 0 Å². The number of aryl methyl sites for hydroxylation is 1. The smallest absolute Gasteiger partial charge is 0.328 e. The number of carbonyl (C=O) groups excluding carboxylic acids is 1. The average Bonchev–Trinajstić information content (AvgIpc) is 2.47. The summed E-state index contributed by atoms with van der Waals surface area (Å²) in [7, 11) is -3.86. The highest BCUT2D eigenvalue weighted by atomic mass is 32.2. The lowest BCUT2D eigenvalue weighted by Gasteiger charge is -2.15. The maximum Gasteiger partial charge on any atom is 0.328 e. The highest BCUT2D eigenvalue weighted by Gasteiger charge is 2.18. The Kier molecular flexibility index (Phi) is 5.39. The van der Waals surface area contributed by atoms with Gasteiger partial charge in [0, 0.05) is 6.04 Å². The molecule has 0 spiro atoms. The molecular formula is C17H20N2O3S. The zero-order chi connectivity index (χ0) is 16.9. The average molecular weight is 332 g/mol. The molecule has 0 radical (unpaired) electrons. The molecule has 0 saturated carbocycles. The van der Waals surface area contributed by atoms with Gasteiger partial charge in [-0.05, 0) is 38.0 Å². The largest absolute Gasteiger partial charge is 0.335 e. The summed E-state index contributed by atoms with van der Waals surface area (Å²) in [4.78, 5) is 12.0. The van der Waals surface area contributed by atoms with Crippen LogP contribution < -0.4 is 10.0 Å². The lowest BCUT2D eigenvalue weighted by molar-refractivity contribution is 0.243. The van der Waals surface area contributed by atoms with Crippen molar-refractivity contribution in [1.29, 1.82) is 0 Å². The fourth-order valence-corrected chi connectivity index (χ4v) is 3.09. The van der Waals surface area contributed by atoms with Crippen LogP contribution in [0.25, 0.3) is 0 Å². The zero-order valence-electron chi connectivity index (χ0n) is 13.1. The van der Waals surface area contributed by atoms with Crippen LogP contribution in [0, 0.1) is 6.92 Å². The first kappa shape index (κ1) is 17.0. The summed E-state index contributed by atoms with van der Waals surface area (Å²) in [6.07, 6.45) is 0.624. The monoisotopic (exact) mass is 332 g/mol. The van der Waals surface area contributed by atoms with Crippen LogP contribution in [0.1, 0.15) is 18.1 Å².